The fourth-order valence-electron chi connectivity index (χ4n) is 7.12. The molecule has 3 aliphatic rings. The Bertz CT molecular complexity index is 1170. The van der Waals surface area contributed by atoms with Crippen LogP contribution in [0, 0.1) is 17.8 Å². The number of benzene rings is 1. The number of aliphatic hydroxyl groups excluding tert-OH is 1. The van der Waals surface area contributed by atoms with Crippen molar-refractivity contribution < 1.29 is 29.0 Å². The largest absolute Gasteiger partial charge is 0.465 e. The highest BCUT2D eigenvalue weighted by Crippen LogP contribution is 2.64. The standard InChI is InChI=1S/C32H43ClN2O6/c1-6-8-9-12-18-40-30(39)26-25-28(37)35(22(20-36)19-21(3)4)27(32(25)16-15-31(26,5)41-32)29(38)34(17-7-2)24-14-11-10-13-23(24)33/h6-7,10-11,13-14,21-22,25-27,36H,1-2,8-9,12,15-20H2,3-5H3/t22-,25+,26+,27?,31-,32?/m1/s1. The molecule has 3 aliphatic heterocycles. The van der Waals surface area contributed by atoms with Crippen molar-refractivity contribution in [2.75, 3.05) is 24.7 Å². The van der Waals surface area contributed by atoms with Crippen LogP contribution in [0.3, 0.4) is 0 Å². The van der Waals surface area contributed by atoms with Gasteiger partial charge in [-0.2, -0.15) is 0 Å². The van der Waals surface area contributed by atoms with Crippen molar-refractivity contribution in [2.45, 2.75) is 82.6 Å². The zero-order valence-corrected chi connectivity index (χ0v) is 25.1. The van der Waals surface area contributed by atoms with Gasteiger partial charge in [-0.25, -0.2) is 0 Å². The van der Waals surface area contributed by atoms with E-state index in [-0.39, 0.29) is 37.5 Å². The van der Waals surface area contributed by atoms with Gasteiger partial charge in [0, 0.05) is 6.54 Å². The highest BCUT2D eigenvalue weighted by Gasteiger charge is 2.79. The van der Waals surface area contributed by atoms with Crippen LogP contribution in [0.2, 0.25) is 5.02 Å². The van der Waals surface area contributed by atoms with E-state index in [1.54, 1.807) is 30.3 Å². The van der Waals surface area contributed by atoms with Crippen LogP contribution >= 0.6 is 11.6 Å². The van der Waals surface area contributed by atoms with Crippen LogP contribution in [0.4, 0.5) is 5.69 Å². The van der Waals surface area contributed by atoms with Crippen molar-refractivity contribution in [2.24, 2.45) is 17.8 Å². The molecule has 1 aromatic carbocycles. The van der Waals surface area contributed by atoms with Crippen molar-refractivity contribution in [3.05, 3.63) is 54.6 Å². The Morgan fingerprint density at radius 1 is 1.24 bits per heavy atom. The van der Waals surface area contributed by atoms with Crippen LogP contribution in [-0.2, 0) is 23.9 Å². The van der Waals surface area contributed by atoms with E-state index >= 15 is 0 Å². The molecule has 3 fully saturated rings. The Hall–Kier alpha value is -2.68. The first-order valence-corrected chi connectivity index (χ1v) is 15.0. The van der Waals surface area contributed by atoms with Gasteiger partial charge in [0.2, 0.25) is 5.91 Å². The summed E-state index contributed by atoms with van der Waals surface area (Å²) >= 11 is 6.54. The number of hydrogen-bond acceptors (Lipinski definition) is 6. The smallest absolute Gasteiger partial charge is 0.312 e. The maximum absolute atomic E-state index is 14.7. The van der Waals surface area contributed by atoms with Gasteiger partial charge in [0.1, 0.15) is 17.6 Å². The lowest BCUT2D eigenvalue weighted by Crippen LogP contribution is -2.59. The summed E-state index contributed by atoms with van der Waals surface area (Å²) in [6.07, 6.45) is 7.22. The van der Waals surface area contributed by atoms with Gasteiger partial charge in [-0.3, -0.25) is 14.4 Å². The second-order valence-electron chi connectivity index (χ2n) is 12.1. The maximum atomic E-state index is 14.7. The van der Waals surface area contributed by atoms with Crippen LogP contribution in [0.25, 0.3) is 0 Å². The molecule has 41 heavy (non-hydrogen) atoms. The van der Waals surface area contributed by atoms with E-state index < -0.39 is 41.1 Å². The number of allylic oxidation sites excluding steroid dienone is 1. The SMILES string of the molecule is C=CCCCCOC(=O)[C@@H]1[C@H]2C(=O)N([C@@H](CO)CC(C)C)C(C(=O)N(CC=C)c3ccccc3Cl)C23CC[C@@]1(C)O3. The van der Waals surface area contributed by atoms with Crippen LogP contribution in [0.5, 0.6) is 0 Å². The highest BCUT2D eigenvalue weighted by molar-refractivity contribution is 6.34. The Morgan fingerprint density at radius 2 is 1.98 bits per heavy atom. The van der Waals surface area contributed by atoms with E-state index in [1.807, 2.05) is 26.8 Å². The maximum Gasteiger partial charge on any atom is 0.312 e. The second-order valence-corrected chi connectivity index (χ2v) is 12.5. The average Bonchev–Trinajstić information content (AvgIpc) is 3.51. The van der Waals surface area contributed by atoms with Crippen molar-refractivity contribution in [1.29, 1.82) is 0 Å². The number of para-hydroxylation sites is 1. The minimum Gasteiger partial charge on any atom is -0.465 e. The van der Waals surface area contributed by atoms with Gasteiger partial charge in [-0.1, -0.05) is 49.7 Å². The Balaban J connectivity index is 1.77. The molecule has 3 heterocycles. The molecule has 3 saturated heterocycles. The first-order chi connectivity index (χ1) is 19.6. The fraction of sp³-hybridized carbons (Fsp3) is 0.594. The number of carbonyl (C=O) groups is 3. The number of hydrogen-bond donors (Lipinski definition) is 1. The Labute approximate surface area is 248 Å². The van der Waals surface area contributed by atoms with Gasteiger partial charge in [0.15, 0.2) is 0 Å². The van der Waals surface area contributed by atoms with Gasteiger partial charge in [0.05, 0.1) is 41.5 Å². The van der Waals surface area contributed by atoms with E-state index in [0.29, 0.717) is 36.4 Å². The number of aliphatic hydroxyl groups is 1. The molecule has 2 amide bonds. The molecule has 1 aromatic rings. The summed E-state index contributed by atoms with van der Waals surface area (Å²) in [6, 6.07) is 5.34. The number of likely N-dealkylation sites (tertiary alicyclic amines) is 1. The van der Waals surface area contributed by atoms with E-state index in [2.05, 4.69) is 13.2 Å². The summed E-state index contributed by atoms with van der Waals surface area (Å²) in [4.78, 5) is 45.7. The number of anilines is 1. The summed E-state index contributed by atoms with van der Waals surface area (Å²) in [7, 11) is 0. The minimum atomic E-state index is -1.24. The third-order valence-electron chi connectivity index (χ3n) is 8.82. The van der Waals surface area contributed by atoms with Crippen LogP contribution in [0.1, 0.15) is 59.3 Å². The van der Waals surface area contributed by atoms with Crippen LogP contribution in [-0.4, -0.2) is 70.8 Å². The van der Waals surface area contributed by atoms with Crippen LogP contribution < -0.4 is 4.90 Å². The van der Waals surface area contributed by atoms with Gasteiger partial charge < -0.3 is 24.4 Å². The Kier molecular flexibility index (Phi) is 9.66. The number of fused-ring (bicyclic) bond motifs is 1. The molecule has 0 saturated carbocycles. The van der Waals surface area contributed by atoms with E-state index in [9.17, 15) is 19.5 Å². The zero-order chi connectivity index (χ0) is 29.9. The number of carbonyl (C=O) groups excluding carboxylic acids is 3. The monoisotopic (exact) mass is 586 g/mol. The summed E-state index contributed by atoms with van der Waals surface area (Å²) in [6.45, 7) is 13.5. The zero-order valence-electron chi connectivity index (χ0n) is 24.4. The predicted molar refractivity (Wildman–Crippen MR) is 158 cm³/mol. The van der Waals surface area contributed by atoms with E-state index in [4.69, 9.17) is 21.1 Å². The Morgan fingerprint density at radius 3 is 2.61 bits per heavy atom. The number of halogens is 1. The molecule has 0 aliphatic carbocycles. The second kappa shape index (κ2) is 12.7. The molecule has 1 spiro atoms. The molecule has 1 N–H and O–H groups in total. The molecule has 4 rings (SSSR count). The van der Waals surface area contributed by atoms with Crippen LogP contribution in [0.15, 0.2) is 49.6 Å². The lowest BCUT2D eigenvalue weighted by Gasteiger charge is -2.40. The molecule has 224 valence electrons. The average molecular weight is 587 g/mol. The summed E-state index contributed by atoms with van der Waals surface area (Å²) in [5, 5.41) is 10.9. The predicted octanol–water partition coefficient (Wildman–Crippen LogP) is 4.93. The number of unbranched alkanes of at least 4 members (excludes halogenated alkanes) is 2. The highest BCUT2D eigenvalue weighted by atomic mass is 35.5. The number of ether oxygens (including phenoxy) is 2. The quantitative estimate of drug-likeness (QED) is 0.189. The molecule has 9 heteroatoms. The van der Waals surface area contributed by atoms with Gasteiger partial charge in [-0.05, 0) is 63.5 Å². The molecule has 8 nitrogen and oxygen atoms in total. The molecule has 6 atom stereocenters. The summed E-state index contributed by atoms with van der Waals surface area (Å²) in [5.41, 5.74) is -1.69. The molecular formula is C32H43ClN2O6. The number of esters is 1. The topological polar surface area (TPSA) is 96.4 Å². The fourth-order valence-corrected chi connectivity index (χ4v) is 7.36. The normalized spacial score (nSPS) is 29.0. The molecular weight excluding hydrogens is 544 g/mol. The van der Waals surface area contributed by atoms with Gasteiger partial charge in [0.25, 0.3) is 5.91 Å². The van der Waals surface area contributed by atoms with Gasteiger partial charge >= 0.3 is 5.97 Å². The van der Waals surface area contributed by atoms with E-state index in [1.165, 1.54) is 9.80 Å². The number of rotatable bonds is 14. The number of nitrogens with zero attached hydrogens (tertiary/aromatic N) is 2. The van der Waals surface area contributed by atoms with Gasteiger partial charge in [-0.15, -0.1) is 13.2 Å². The first-order valence-electron chi connectivity index (χ1n) is 14.6. The van der Waals surface area contributed by atoms with Crippen molar-refractivity contribution in [1.82, 2.24) is 4.90 Å². The summed E-state index contributed by atoms with van der Waals surface area (Å²) < 4.78 is 12.4. The minimum absolute atomic E-state index is 0.146. The first kappa shape index (κ1) is 31.3. The third kappa shape index (κ3) is 5.58. The van der Waals surface area contributed by atoms with Crippen molar-refractivity contribution in [3.63, 3.8) is 0 Å². The lowest BCUT2D eigenvalue weighted by atomic mass is 9.66. The summed E-state index contributed by atoms with van der Waals surface area (Å²) in [5.74, 6) is -2.80. The number of amides is 2. The third-order valence-corrected chi connectivity index (χ3v) is 9.14. The molecule has 2 unspecified atom stereocenters. The molecule has 0 radical (unpaired) electrons. The molecule has 0 aromatic heterocycles. The lowest BCUT2D eigenvalue weighted by molar-refractivity contribution is -0.160. The van der Waals surface area contributed by atoms with E-state index in [0.717, 1.165) is 12.8 Å². The molecule has 2 bridgehead atoms. The van der Waals surface area contributed by atoms with Crippen molar-refractivity contribution in [3.8, 4) is 0 Å². The van der Waals surface area contributed by atoms with Crippen molar-refractivity contribution >= 4 is 35.1 Å².